The van der Waals surface area contributed by atoms with E-state index in [0.717, 1.165) is 23.3 Å². The first kappa shape index (κ1) is 12.3. The van der Waals surface area contributed by atoms with E-state index in [1.807, 2.05) is 6.07 Å². The summed E-state index contributed by atoms with van der Waals surface area (Å²) in [5.41, 5.74) is 6.33. The van der Waals surface area contributed by atoms with Crippen LogP contribution in [0.2, 0.25) is 0 Å². The van der Waals surface area contributed by atoms with E-state index < -0.39 is 0 Å². The Balaban J connectivity index is 2.32. The molecule has 1 aliphatic heterocycles. The van der Waals surface area contributed by atoms with Crippen molar-refractivity contribution in [2.45, 2.75) is 19.4 Å². The Labute approximate surface area is 110 Å². The van der Waals surface area contributed by atoms with Gasteiger partial charge in [0.05, 0.1) is 5.56 Å². The molecule has 2 unspecified atom stereocenters. The number of nitrogens with two attached hydrogens (primary N) is 1. The molecule has 0 amide bonds. The van der Waals surface area contributed by atoms with Gasteiger partial charge < -0.3 is 10.6 Å². The highest BCUT2D eigenvalue weighted by Gasteiger charge is 2.30. The second-order valence-electron chi connectivity index (χ2n) is 4.48. The summed E-state index contributed by atoms with van der Waals surface area (Å²) in [7, 11) is 0. The Bertz CT molecular complexity index is 454. The number of halogens is 1. The SMILES string of the molecule is CC1CC(CN)CN1c1ncc(Br)cc1C#N. The molecule has 5 heteroatoms. The molecule has 0 aliphatic carbocycles. The van der Waals surface area contributed by atoms with E-state index in [1.165, 1.54) is 0 Å². The van der Waals surface area contributed by atoms with E-state index >= 15 is 0 Å². The molecule has 1 aromatic heterocycles. The monoisotopic (exact) mass is 294 g/mol. The van der Waals surface area contributed by atoms with Crippen molar-refractivity contribution < 1.29 is 0 Å². The van der Waals surface area contributed by atoms with Gasteiger partial charge in [-0.05, 0) is 47.8 Å². The smallest absolute Gasteiger partial charge is 0.146 e. The molecule has 0 bridgehead atoms. The minimum absolute atomic E-state index is 0.393. The minimum atomic E-state index is 0.393. The average molecular weight is 295 g/mol. The highest BCUT2D eigenvalue weighted by molar-refractivity contribution is 9.10. The van der Waals surface area contributed by atoms with Crippen LogP contribution in [0.25, 0.3) is 0 Å². The van der Waals surface area contributed by atoms with E-state index in [9.17, 15) is 0 Å². The molecule has 0 radical (unpaired) electrons. The largest absolute Gasteiger partial charge is 0.352 e. The fourth-order valence-corrected chi connectivity index (χ4v) is 2.68. The van der Waals surface area contributed by atoms with Crippen LogP contribution < -0.4 is 10.6 Å². The van der Waals surface area contributed by atoms with Crippen LogP contribution in [0.3, 0.4) is 0 Å². The van der Waals surface area contributed by atoms with Crippen LogP contribution >= 0.6 is 15.9 Å². The normalized spacial score (nSPS) is 23.8. The Morgan fingerprint density at radius 1 is 1.71 bits per heavy atom. The molecule has 2 heterocycles. The third kappa shape index (κ3) is 2.43. The van der Waals surface area contributed by atoms with Crippen LogP contribution in [0.1, 0.15) is 18.9 Å². The van der Waals surface area contributed by atoms with Gasteiger partial charge in [0.15, 0.2) is 0 Å². The van der Waals surface area contributed by atoms with E-state index in [4.69, 9.17) is 11.0 Å². The van der Waals surface area contributed by atoms with E-state index in [1.54, 1.807) is 6.20 Å². The first-order chi connectivity index (χ1) is 8.15. The van der Waals surface area contributed by atoms with Gasteiger partial charge in [0.25, 0.3) is 0 Å². The standard InChI is InChI=1S/C12H15BrN4/c1-8-2-9(4-14)7-17(8)12-10(5-15)3-11(13)6-16-12/h3,6,8-9H,2,4,7,14H2,1H3. The third-order valence-corrected chi connectivity index (χ3v) is 3.65. The van der Waals surface area contributed by atoms with Crippen molar-refractivity contribution in [1.82, 2.24) is 4.98 Å². The number of rotatable bonds is 2. The second kappa shape index (κ2) is 5.03. The third-order valence-electron chi connectivity index (χ3n) is 3.22. The van der Waals surface area contributed by atoms with Crippen LogP contribution in [-0.2, 0) is 0 Å². The fourth-order valence-electron chi connectivity index (χ4n) is 2.35. The molecule has 0 aromatic carbocycles. The Kier molecular flexibility index (Phi) is 3.65. The lowest BCUT2D eigenvalue weighted by Crippen LogP contribution is -2.29. The summed E-state index contributed by atoms with van der Waals surface area (Å²) >= 11 is 3.33. The molecule has 0 spiro atoms. The number of nitrogens with zero attached hydrogens (tertiary/aromatic N) is 3. The van der Waals surface area contributed by atoms with Crippen LogP contribution in [0, 0.1) is 17.2 Å². The van der Waals surface area contributed by atoms with Crippen molar-refractivity contribution in [3.8, 4) is 6.07 Å². The Morgan fingerprint density at radius 3 is 3.06 bits per heavy atom. The van der Waals surface area contributed by atoms with E-state index in [-0.39, 0.29) is 0 Å². The molecular weight excluding hydrogens is 280 g/mol. The van der Waals surface area contributed by atoms with Crippen molar-refractivity contribution in [2.24, 2.45) is 11.7 Å². The van der Waals surface area contributed by atoms with Gasteiger partial charge in [-0.2, -0.15) is 5.26 Å². The van der Waals surface area contributed by atoms with E-state index in [2.05, 4.69) is 38.8 Å². The summed E-state index contributed by atoms with van der Waals surface area (Å²) in [6.07, 6.45) is 2.80. The summed E-state index contributed by atoms with van der Waals surface area (Å²) in [4.78, 5) is 6.55. The lowest BCUT2D eigenvalue weighted by molar-refractivity contribution is 0.579. The van der Waals surface area contributed by atoms with Crippen LogP contribution in [0.5, 0.6) is 0 Å². The number of hydrogen-bond acceptors (Lipinski definition) is 4. The minimum Gasteiger partial charge on any atom is -0.352 e. The van der Waals surface area contributed by atoms with Gasteiger partial charge in [0, 0.05) is 23.3 Å². The van der Waals surface area contributed by atoms with Crippen LogP contribution in [0.15, 0.2) is 16.7 Å². The number of aromatic nitrogens is 1. The fraction of sp³-hybridized carbons (Fsp3) is 0.500. The van der Waals surface area contributed by atoms with Gasteiger partial charge in [-0.15, -0.1) is 0 Å². The zero-order chi connectivity index (χ0) is 12.4. The zero-order valence-corrected chi connectivity index (χ0v) is 11.3. The molecule has 4 nitrogen and oxygen atoms in total. The summed E-state index contributed by atoms with van der Waals surface area (Å²) in [5.74, 6) is 1.28. The molecular formula is C12H15BrN4. The Hall–Kier alpha value is -1.12. The maximum atomic E-state index is 9.15. The average Bonchev–Trinajstić information content (AvgIpc) is 2.70. The maximum absolute atomic E-state index is 9.15. The lowest BCUT2D eigenvalue weighted by atomic mass is 10.1. The summed E-state index contributed by atoms with van der Waals surface area (Å²) in [6, 6.07) is 4.40. The second-order valence-corrected chi connectivity index (χ2v) is 5.39. The van der Waals surface area contributed by atoms with Crippen molar-refractivity contribution in [2.75, 3.05) is 18.0 Å². The van der Waals surface area contributed by atoms with Crippen molar-refractivity contribution in [1.29, 1.82) is 5.26 Å². The molecule has 1 fully saturated rings. The van der Waals surface area contributed by atoms with Crippen molar-refractivity contribution in [3.63, 3.8) is 0 Å². The molecule has 2 atom stereocenters. The number of hydrogen-bond donors (Lipinski definition) is 1. The predicted molar refractivity (Wildman–Crippen MR) is 70.6 cm³/mol. The molecule has 2 N–H and O–H groups in total. The van der Waals surface area contributed by atoms with Gasteiger partial charge in [-0.1, -0.05) is 0 Å². The zero-order valence-electron chi connectivity index (χ0n) is 9.73. The highest BCUT2D eigenvalue weighted by atomic mass is 79.9. The van der Waals surface area contributed by atoms with Gasteiger partial charge in [-0.25, -0.2) is 4.98 Å². The molecule has 90 valence electrons. The predicted octanol–water partition coefficient (Wildman–Crippen LogP) is 1.89. The van der Waals surface area contributed by atoms with Gasteiger partial charge in [0.1, 0.15) is 11.9 Å². The number of nitriles is 1. The maximum Gasteiger partial charge on any atom is 0.146 e. The van der Waals surface area contributed by atoms with E-state index in [0.29, 0.717) is 24.1 Å². The molecule has 1 aromatic rings. The highest BCUT2D eigenvalue weighted by Crippen LogP contribution is 2.30. The Morgan fingerprint density at radius 2 is 2.47 bits per heavy atom. The van der Waals surface area contributed by atoms with Crippen molar-refractivity contribution >= 4 is 21.7 Å². The summed E-state index contributed by atoms with van der Waals surface area (Å²) in [6.45, 7) is 3.74. The summed E-state index contributed by atoms with van der Waals surface area (Å²) in [5, 5.41) is 9.15. The molecule has 0 saturated carbocycles. The van der Waals surface area contributed by atoms with Gasteiger partial charge in [-0.3, -0.25) is 0 Å². The molecule has 17 heavy (non-hydrogen) atoms. The lowest BCUT2D eigenvalue weighted by Gasteiger charge is -2.23. The topological polar surface area (TPSA) is 65.9 Å². The molecule has 1 saturated heterocycles. The van der Waals surface area contributed by atoms with Gasteiger partial charge in [0.2, 0.25) is 0 Å². The molecule has 1 aliphatic rings. The molecule has 2 rings (SSSR count). The van der Waals surface area contributed by atoms with Crippen LogP contribution in [-0.4, -0.2) is 24.1 Å². The van der Waals surface area contributed by atoms with Crippen molar-refractivity contribution in [3.05, 3.63) is 22.3 Å². The van der Waals surface area contributed by atoms with Gasteiger partial charge >= 0.3 is 0 Å². The quantitative estimate of drug-likeness (QED) is 0.905. The first-order valence-corrected chi connectivity index (χ1v) is 6.47. The number of anilines is 1. The summed E-state index contributed by atoms with van der Waals surface area (Å²) < 4.78 is 0.833. The van der Waals surface area contributed by atoms with Crippen LogP contribution in [0.4, 0.5) is 5.82 Å². The first-order valence-electron chi connectivity index (χ1n) is 5.68. The number of pyridine rings is 1.